The minimum Gasteiger partial charge on any atom is -0.463 e. The summed E-state index contributed by atoms with van der Waals surface area (Å²) < 4.78 is 20.9. The zero-order valence-corrected chi connectivity index (χ0v) is 42.4. The van der Waals surface area contributed by atoms with Crippen molar-refractivity contribution < 1.29 is 57.3 Å². The van der Waals surface area contributed by atoms with Crippen molar-refractivity contribution in [3.05, 3.63) is 24.3 Å². The standard InChI is InChI=1S/C54H86N4O12/c59-47-26-11-9-18-35-55(47)33-14-1-5-21-41-67-49(61)28-30-51(63)69-43-23-7-3-16-37-57-39-20-13-25-45(53(57)65)46-32-40-58(54(46)66)38-17-4-8-24-44-70-52(64)31-29-50(62)68-42-22-6-2-15-34-56-36-19-10-12-27-48(56)60/h28-31,45-46H,1-27,32-44H2/b30-28-,31-29-. The maximum absolute atomic E-state index is 13.7. The summed E-state index contributed by atoms with van der Waals surface area (Å²) in [6.07, 6.45) is 28.9. The monoisotopic (exact) mass is 983 g/mol. The van der Waals surface area contributed by atoms with Gasteiger partial charge < -0.3 is 38.5 Å². The molecule has 0 radical (unpaired) electrons. The number of ether oxygens (including phenoxy) is 4. The molecule has 0 N–H and O–H groups in total. The van der Waals surface area contributed by atoms with Crippen molar-refractivity contribution in [1.82, 2.24) is 19.6 Å². The Morgan fingerprint density at radius 2 is 0.671 bits per heavy atom. The van der Waals surface area contributed by atoms with Crippen LogP contribution in [0.5, 0.6) is 0 Å². The van der Waals surface area contributed by atoms with E-state index in [1.165, 1.54) is 0 Å². The molecule has 70 heavy (non-hydrogen) atoms. The lowest BCUT2D eigenvalue weighted by Crippen LogP contribution is -2.41. The van der Waals surface area contributed by atoms with Gasteiger partial charge in [0.2, 0.25) is 23.6 Å². The van der Waals surface area contributed by atoms with Gasteiger partial charge in [0.25, 0.3) is 0 Å². The third-order valence-electron chi connectivity index (χ3n) is 14.0. The van der Waals surface area contributed by atoms with E-state index in [2.05, 4.69) is 0 Å². The van der Waals surface area contributed by atoms with E-state index in [4.69, 9.17) is 18.9 Å². The first-order chi connectivity index (χ1) is 34.1. The van der Waals surface area contributed by atoms with Gasteiger partial charge in [0, 0.05) is 95.4 Å². The van der Waals surface area contributed by atoms with Gasteiger partial charge in [0.05, 0.1) is 32.3 Å². The summed E-state index contributed by atoms with van der Waals surface area (Å²) in [5, 5.41) is 0. The summed E-state index contributed by atoms with van der Waals surface area (Å²) in [4.78, 5) is 107. The third-order valence-corrected chi connectivity index (χ3v) is 14.0. The predicted octanol–water partition coefficient (Wildman–Crippen LogP) is 7.80. The number of carbonyl (C=O) groups is 8. The van der Waals surface area contributed by atoms with Crippen molar-refractivity contribution in [2.75, 3.05) is 78.8 Å². The molecule has 0 bridgehead atoms. The quantitative estimate of drug-likeness (QED) is 0.0269. The average Bonchev–Trinajstić information content (AvgIpc) is 3.51. The second-order valence-corrected chi connectivity index (χ2v) is 19.5. The molecule has 4 fully saturated rings. The molecule has 2 atom stereocenters. The van der Waals surface area contributed by atoms with Crippen molar-refractivity contribution >= 4 is 47.5 Å². The van der Waals surface area contributed by atoms with Crippen LogP contribution in [0.3, 0.4) is 0 Å². The van der Waals surface area contributed by atoms with E-state index in [9.17, 15) is 38.4 Å². The lowest BCUT2D eigenvalue weighted by molar-refractivity contribution is -0.142. The largest absolute Gasteiger partial charge is 0.463 e. The van der Waals surface area contributed by atoms with E-state index in [0.29, 0.717) is 58.3 Å². The molecule has 4 aliphatic heterocycles. The van der Waals surface area contributed by atoms with Crippen LogP contribution < -0.4 is 0 Å². The first-order valence-electron chi connectivity index (χ1n) is 27.3. The molecule has 4 aliphatic rings. The van der Waals surface area contributed by atoms with E-state index in [1.807, 2.05) is 19.6 Å². The molecule has 4 rings (SSSR count). The van der Waals surface area contributed by atoms with E-state index >= 15 is 0 Å². The lowest BCUT2D eigenvalue weighted by atomic mass is 9.86. The molecule has 0 aliphatic carbocycles. The van der Waals surface area contributed by atoms with Gasteiger partial charge in [0.1, 0.15) is 0 Å². The highest BCUT2D eigenvalue weighted by molar-refractivity contribution is 5.92. The Hall–Kier alpha value is -4.76. The first-order valence-corrected chi connectivity index (χ1v) is 27.3. The minimum atomic E-state index is -0.587. The predicted molar refractivity (Wildman–Crippen MR) is 265 cm³/mol. The van der Waals surface area contributed by atoms with Gasteiger partial charge in [-0.25, -0.2) is 19.2 Å². The molecule has 0 aromatic rings. The molecule has 4 saturated heterocycles. The van der Waals surface area contributed by atoms with E-state index in [0.717, 1.165) is 198 Å². The second kappa shape index (κ2) is 35.4. The summed E-state index contributed by atoms with van der Waals surface area (Å²) in [6, 6.07) is 0. The van der Waals surface area contributed by atoms with Gasteiger partial charge in [-0.05, 0) is 122 Å². The third kappa shape index (κ3) is 23.9. The fraction of sp³-hybridized carbons (Fsp3) is 0.778. The van der Waals surface area contributed by atoms with Crippen molar-refractivity contribution in [3.8, 4) is 0 Å². The summed E-state index contributed by atoms with van der Waals surface area (Å²) in [6.45, 7) is 7.03. The fourth-order valence-corrected chi connectivity index (χ4v) is 9.83. The molecule has 0 saturated carbocycles. The van der Waals surface area contributed by atoms with Crippen LogP contribution in [0.4, 0.5) is 0 Å². The maximum atomic E-state index is 13.7. The number of likely N-dealkylation sites (tertiary alicyclic amines) is 4. The van der Waals surface area contributed by atoms with Crippen LogP contribution in [0.25, 0.3) is 0 Å². The fourth-order valence-electron chi connectivity index (χ4n) is 9.83. The molecule has 2 unspecified atom stereocenters. The van der Waals surface area contributed by atoms with Gasteiger partial charge in [-0.2, -0.15) is 0 Å². The molecule has 394 valence electrons. The number of unbranched alkanes of at least 4 members (excludes halogenated alkanes) is 12. The van der Waals surface area contributed by atoms with Crippen LogP contribution in [-0.2, 0) is 57.3 Å². The average molecular weight is 983 g/mol. The molecule has 0 spiro atoms. The van der Waals surface area contributed by atoms with Crippen LogP contribution >= 0.6 is 0 Å². The van der Waals surface area contributed by atoms with Crippen LogP contribution in [0.2, 0.25) is 0 Å². The Morgan fingerprint density at radius 3 is 1.07 bits per heavy atom. The van der Waals surface area contributed by atoms with Gasteiger partial charge in [-0.1, -0.05) is 44.9 Å². The van der Waals surface area contributed by atoms with E-state index in [1.54, 1.807) is 0 Å². The number of carbonyl (C=O) groups excluding carboxylic acids is 8. The Labute approximate surface area is 417 Å². The first kappa shape index (κ1) is 57.8. The highest BCUT2D eigenvalue weighted by atomic mass is 16.5. The van der Waals surface area contributed by atoms with Gasteiger partial charge in [-0.15, -0.1) is 0 Å². The summed E-state index contributed by atoms with van der Waals surface area (Å²) in [5.74, 6) is -2.17. The van der Waals surface area contributed by atoms with Crippen LogP contribution in [-0.4, -0.2) is 146 Å². The number of hydrogen-bond donors (Lipinski definition) is 0. The highest BCUT2D eigenvalue weighted by Gasteiger charge is 2.42. The number of hydrogen-bond acceptors (Lipinski definition) is 12. The Bertz CT molecular complexity index is 1680. The minimum absolute atomic E-state index is 0.0820. The zero-order valence-electron chi connectivity index (χ0n) is 42.4. The van der Waals surface area contributed by atoms with Gasteiger partial charge in [0.15, 0.2) is 0 Å². The molecule has 16 nitrogen and oxygen atoms in total. The molecular weight excluding hydrogens is 897 g/mol. The van der Waals surface area contributed by atoms with Gasteiger partial charge >= 0.3 is 23.9 Å². The molecular formula is C54H86N4O12. The molecule has 4 heterocycles. The maximum Gasteiger partial charge on any atom is 0.331 e. The summed E-state index contributed by atoms with van der Waals surface area (Å²) in [7, 11) is 0. The molecule has 0 aromatic heterocycles. The van der Waals surface area contributed by atoms with Crippen LogP contribution in [0.15, 0.2) is 24.3 Å². The number of rotatable bonds is 33. The molecule has 4 amide bonds. The lowest BCUT2D eigenvalue weighted by Gasteiger charge is -2.27. The van der Waals surface area contributed by atoms with Crippen molar-refractivity contribution in [3.63, 3.8) is 0 Å². The number of amides is 4. The van der Waals surface area contributed by atoms with Crippen molar-refractivity contribution in [1.29, 1.82) is 0 Å². The SMILES string of the molecule is O=C(/C=C\C(=O)OCCCCCCN1CCCCC(C2CCN(CCCCCCOC(=O)/C=C\C(=O)OCCCCCCN3CCCCCC3=O)C2=O)C1=O)OCCCCCCN1CCCCCC1=O. The van der Waals surface area contributed by atoms with Crippen molar-refractivity contribution in [2.45, 2.75) is 180 Å². The Balaban J connectivity index is 0.950. The van der Waals surface area contributed by atoms with E-state index in [-0.39, 0.29) is 61.9 Å². The van der Waals surface area contributed by atoms with Crippen LogP contribution in [0.1, 0.15) is 180 Å². The molecule has 16 heteroatoms. The summed E-state index contributed by atoms with van der Waals surface area (Å²) in [5.41, 5.74) is 0. The zero-order chi connectivity index (χ0) is 50.0. The van der Waals surface area contributed by atoms with Crippen molar-refractivity contribution in [2.24, 2.45) is 11.8 Å². The van der Waals surface area contributed by atoms with E-state index < -0.39 is 23.9 Å². The van der Waals surface area contributed by atoms with Gasteiger partial charge in [-0.3, -0.25) is 19.2 Å². The number of nitrogens with zero attached hydrogens (tertiary/aromatic N) is 4. The second-order valence-electron chi connectivity index (χ2n) is 19.5. The molecule has 0 aromatic carbocycles. The summed E-state index contributed by atoms with van der Waals surface area (Å²) >= 11 is 0. The smallest absolute Gasteiger partial charge is 0.331 e. The Morgan fingerprint density at radius 1 is 0.357 bits per heavy atom. The normalized spacial score (nSPS) is 19.4. The number of esters is 4. The Kier molecular flexibility index (Phi) is 29.2. The topological polar surface area (TPSA) is 186 Å². The van der Waals surface area contributed by atoms with Crippen LogP contribution in [0, 0.1) is 11.8 Å². The highest BCUT2D eigenvalue weighted by Crippen LogP contribution is 2.33.